The van der Waals surface area contributed by atoms with Crippen LogP contribution >= 0.6 is 0 Å². The van der Waals surface area contributed by atoms with Gasteiger partial charge in [0, 0.05) is 31.5 Å². The van der Waals surface area contributed by atoms with Crippen molar-refractivity contribution in [1.29, 1.82) is 0 Å². The lowest BCUT2D eigenvalue weighted by atomic mass is 9.96. The summed E-state index contributed by atoms with van der Waals surface area (Å²) in [4.78, 5) is 19.4. The van der Waals surface area contributed by atoms with Crippen molar-refractivity contribution in [3.63, 3.8) is 0 Å². The van der Waals surface area contributed by atoms with Gasteiger partial charge in [0.25, 0.3) is 0 Å². The average Bonchev–Trinajstić information content (AvgIpc) is 3.03. The van der Waals surface area contributed by atoms with Crippen LogP contribution in [0.25, 0.3) is 0 Å². The molecule has 1 aliphatic carbocycles. The van der Waals surface area contributed by atoms with E-state index < -0.39 is 0 Å². The number of carbonyl (C=O) groups excluding carboxylic acids is 1. The molecule has 0 unspecified atom stereocenters. The Hall–Kier alpha value is -2.36. The Morgan fingerprint density at radius 2 is 1.81 bits per heavy atom. The number of rotatable bonds is 6. The van der Waals surface area contributed by atoms with E-state index in [2.05, 4.69) is 28.9 Å². The van der Waals surface area contributed by atoms with Crippen LogP contribution in [0.1, 0.15) is 52.4 Å². The van der Waals surface area contributed by atoms with Gasteiger partial charge in [-0.1, -0.05) is 0 Å². The molecule has 3 rings (SSSR count). The molecule has 26 heavy (non-hydrogen) atoms. The fourth-order valence-corrected chi connectivity index (χ4v) is 3.51. The molecular formula is C22H29N3O. The summed E-state index contributed by atoms with van der Waals surface area (Å²) in [5, 5.41) is 0. The van der Waals surface area contributed by atoms with Gasteiger partial charge in [-0.15, -0.1) is 0 Å². The predicted molar refractivity (Wildman–Crippen MR) is 108 cm³/mol. The zero-order chi connectivity index (χ0) is 18.7. The average molecular weight is 351 g/mol. The highest BCUT2D eigenvalue weighted by Crippen LogP contribution is 2.25. The zero-order valence-electron chi connectivity index (χ0n) is 16.4. The maximum Gasteiger partial charge on any atom is 0.182 e. The molecular weight excluding hydrogens is 322 g/mol. The maximum atomic E-state index is 12.9. The SMILES string of the molecule is CCN(C)/C=N\c1cc(C)c(C(=O)Cn2cc3c(c2)CCCC3)cc1C. The van der Waals surface area contributed by atoms with Crippen LogP contribution in [-0.4, -0.2) is 35.2 Å². The standard InChI is InChI=1S/C22H29N3O/c1-5-24(4)15-23-21-11-16(2)20(10-17(21)3)22(26)14-25-12-18-8-6-7-9-19(18)13-25/h10-13,15H,5-9,14H2,1-4H3/b23-15-. The molecule has 1 aromatic heterocycles. The van der Waals surface area contributed by atoms with Gasteiger partial charge in [-0.05, 0) is 80.8 Å². The van der Waals surface area contributed by atoms with Crippen LogP contribution in [0.15, 0.2) is 29.5 Å². The molecule has 1 aromatic carbocycles. The molecule has 2 aromatic rings. The van der Waals surface area contributed by atoms with Crippen molar-refractivity contribution < 1.29 is 4.79 Å². The summed E-state index contributed by atoms with van der Waals surface area (Å²) in [5.41, 5.74) is 6.59. The minimum absolute atomic E-state index is 0.166. The van der Waals surface area contributed by atoms with Gasteiger partial charge in [0.15, 0.2) is 5.78 Å². The fourth-order valence-electron chi connectivity index (χ4n) is 3.51. The van der Waals surface area contributed by atoms with E-state index in [0.717, 1.165) is 41.8 Å². The lowest BCUT2D eigenvalue weighted by molar-refractivity contribution is 0.0971. The number of Topliss-reactive ketones (excluding diaryl/α,β-unsaturated/α-hetero) is 1. The second kappa shape index (κ2) is 7.90. The van der Waals surface area contributed by atoms with Crippen LogP contribution in [0.5, 0.6) is 0 Å². The number of hydrogen-bond donors (Lipinski definition) is 0. The fraction of sp³-hybridized carbons (Fsp3) is 0.455. The van der Waals surface area contributed by atoms with Crippen molar-refractivity contribution in [2.24, 2.45) is 4.99 Å². The number of nitrogens with zero attached hydrogens (tertiary/aromatic N) is 3. The van der Waals surface area contributed by atoms with Crippen LogP contribution in [0.4, 0.5) is 5.69 Å². The molecule has 1 aliphatic rings. The minimum Gasteiger partial charge on any atom is -0.366 e. The van der Waals surface area contributed by atoms with Crippen LogP contribution in [0.3, 0.4) is 0 Å². The summed E-state index contributed by atoms with van der Waals surface area (Å²) < 4.78 is 2.06. The monoisotopic (exact) mass is 351 g/mol. The van der Waals surface area contributed by atoms with E-state index in [9.17, 15) is 4.79 Å². The topological polar surface area (TPSA) is 37.6 Å². The molecule has 0 radical (unpaired) electrons. The van der Waals surface area contributed by atoms with Crippen LogP contribution in [-0.2, 0) is 19.4 Å². The van der Waals surface area contributed by atoms with Crippen molar-refractivity contribution in [2.75, 3.05) is 13.6 Å². The third-order valence-corrected chi connectivity index (χ3v) is 5.26. The third kappa shape index (κ3) is 4.06. The first-order valence-corrected chi connectivity index (χ1v) is 9.54. The molecule has 0 spiro atoms. The van der Waals surface area contributed by atoms with Gasteiger partial charge < -0.3 is 9.47 Å². The summed E-state index contributed by atoms with van der Waals surface area (Å²) in [7, 11) is 2.00. The van der Waals surface area contributed by atoms with Gasteiger partial charge in [0.2, 0.25) is 0 Å². The zero-order valence-corrected chi connectivity index (χ0v) is 16.4. The number of aryl methyl sites for hydroxylation is 4. The first kappa shape index (κ1) is 18.4. The van der Waals surface area contributed by atoms with E-state index in [1.54, 1.807) is 0 Å². The Balaban J connectivity index is 1.78. The quantitative estimate of drug-likeness (QED) is 0.437. The maximum absolute atomic E-state index is 12.9. The van der Waals surface area contributed by atoms with Gasteiger partial charge >= 0.3 is 0 Å². The lowest BCUT2D eigenvalue weighted by Crippen LogP contribution is -2.14. The Kier molecular flexibility index (Phi) is 5.60. The lowest BCUT2D eigenvalue weighted by Gasteiger charge is -2.12. The molecule has 0 aliphatic heterocycles. The summed E-state index contributed by atoms with van der Waals surface area (Å²) in [6.07, 6.45) is 11.0. The van der Waals surface area contributed by atoms with E-state index in [-0.39, 0.29) is 5.78 Å². The summed E-state index contributed by atoms with van der Waals surface area (Å²) in [5.74, 6) is 0.166. The number of ketones is 1. The first-order valence-electron chi connectivity index (χ1n) is 9.54. The summed E-state index contributed by atoms with van der Waals surface area (Å²) in [6, 6.07) is 4.00. The van der Waals surface area contributed by atoms with Crippen molar-refractivity contribution >= 4 is 17.8 Å². The van der Waals surface area contributed by atoms with Gasteiger partial charge in [0.05, 0.1) is 18.6 Å². The number of aliphatic imine (C=N–C) groups is 1. The molecule has 0 saturated heterocycles. The van der Waals surface area contributed by atoms with Gasteiger partial charge in [0.1, 0.15) is 0 Å². The highest BCUT2D eigenvalue weighted by molar-refractivity contribution is 5.98. The second-order valence-corrected chi connectivity index (χ2v) is 7.38. The van der Waals surface area contributed by atoms with Crippen LogP contribution in [0, 0.1) is 13.8 Å². The Morgan fingerprint density at radius 1 is 1.15 bits per heavy atom. The highest BCUT2D eigenvalue weighted by Gasteiger charge is 2.15. The van der Waals surface area contributed by atoms with E-state index >= 15 is 0 Å². The van der Waals surface area contributed by atoms with E-state index in [0.29, 0.717) is 6.54 Å². The molecule has 0 N–H and O–H groups in total. The Labute approximate surface area is 156 Å². The molecule has 0 atom stereocenters. The number of aromatic nitrogens is 1. The van der Waals surface area contributed by atoms with Crippen molar-refractivity contribution in [3.8, 4) is 0 Å². The largest absolute Gasteiger partial charge is 0.366 e. The van der Waals surface area contributed by atoms with Crippen molar-refractivity contribution in [1.82, 2.24) is 9.47 Å². The van der Waals surface area contributed by atoms with E-state index in [1.165, 1.54) is 24.0 Å². The molecule has 4 heteroatoms. The Bertz CT molecular complexity index is 809. The summed E-state index contributed by atoms with van der Waals surface area (Å²) >= 11 is 0. The molecule has 0 saturated carbocycles. The van der Waals surface area contributed by atoms with Gasteiger partial charge in [-0.2, -0.15) is 0 Å². The van der Waals surface area contributed by atoms with Crippen molar-refractivity contribution in [3.05, 3.63) is 52.3 Å². The number of fused-ring (bicyclic) bond motifs is 1. The molecule has 0 amide bonds. The second-order valence-electron chi connectivity index (χ2n) is 7.38. The van der Waals surface area contributed by atoms with Gasteiger partial charge in [-0.3, -0.25) is 4.79 Å². The summed E-state index contributed by atoms with van der Waals surface area (Å²) in [6.45, 7) is 7.43. The minimum atomic E-state index is 0.166. The number of hydrogen-bond acceptors (Lipinski definition) is 2. The highest BCUT2D eigenvalue weighted by atomic mass is 16.1. The molecule has 138 valence electrons. The molecule has 0 fully saturated rings. The molecule has 1 heterocycles. The molecule has 4 nitrogen and oxygen atoms in total. The van der Waals surface area contributed by atoms with Crippen LogP contribution < -0.4 is 0 Å². The Morgan fingerprint density at radius 3 is 2.42 bits per heavy atom. The van der Waals surface area contributed by atoms with Crippen molar-refractivity contribution in [2.45, 2.75) is 53.0 Å². The molecule has 0 bridgehead atoms. The first-order chi connectivity index (χ1) is 12.5. The number of carbonyl (C=O) groups is 1. The third-order valence-electron chi connectivity index (χ3n) is 5.26. The normalized spacial score (nSPS) is 13.8. The van der Waals surface area contributed by atoms with E-state index in [4.69, 9.17) is 0 Å². The number of benzene rings is 1. The predicted octanol–water partition coefficient (Wildman–Crippen LogP) is 4.48. The van der Waals surface area contributed by atoms with Gasteiger partial charge in [-0.25, -0.2) is 4.99 Å². The smallest absolute Gasteiger partial charge is 0.182 e. The van der Waals surface area contributed by atoms with E-state index in [1.807, 2.05) is 44.3 Å². The van der Waals surface area contributed by atoms with Crippen LogP contribution in [0.2, 0.25) is 0 Å².